The van der Waals surface area contributed by atoms with Crippen LogP contribution in [0.1, 0.15) is 44.4 Å². The van der Waals surface area contributed by atoms with Crippen LogP contribution in [0.25, 0.3) is 0 Å². The van der Waals surface area contributed by atoms with E-state index >= 15 is 0 Å². The monoisotopic (exact) mass is 308 g/mol. The van der Waals surface area contributed by atoms with E-state index in [0.717, 1.165) is 17.5 Å². The molecule has 122 valence electrons. The topological polar surface area (TPSA) is 55.6 Å². The Kier molecular flexibility index (Phi) is 4.75. The Morgan fingerprint density at radius 3 is 2.73 bits per heavy atom. The quantitative estimate of drug-likeness (QED) is 0.911. The molecule has 22 heavy (non-hydrogen) atoms. The van der Waals surface area contributed by atoms with Gasteiger partial charge in [0.25, 0.3) is 0 Å². The maximum atomic E-state index is 13.2. The lowest BCUT2D eigenvalue weighted by Crippen LogP contribution is -2.36. The van der Waals surface area contributed by atoms with Gasteiger partial charge in [-0.1, -0.05) is 6.07 Å². The number of aryl methyl sites for hydroxylation is 1. The highest BCUT2D eigenvalue weighted by molar-refractivity contribution is 5.68. The van der Waals surface area contributed by atoms with Gasteiger partial charge in [-0.05, 0) is 63.3 Å². The SMILES string of the molecule is Cc1cc(F)ccc1C(N)C1CCN(C(=O)OC(C)(C)C)C1. The maximum Gasteiger partial charge on any atom is 0.410 e. The summed E-state index contributed by atoms with van der Waals surface area (Å²) in [5.41, 5.74) is 7.64. The minimum absolute atomic E-state index is 0.164. The van der Waals surface area contributed by atoms with Crippen molar-refractivity contribution in [3.63, 3.8) is 0 Å². The van der Waals surface area contributed by atoms with Gasteiger partial charge in [0.1, 0.15) is 11.4 Å². The predicted octanol–water partition coefficient (Wildman–Crippen LogP) is 3.39. The van der Waals surface area contributed by atoms with Crippen molar-refractivity contribution in [2.24, 2.45) is 11.7 Å². The number of rotatable bonds is 2. The molecule has 1 amide bonds. The van der Waals surface area contributed by atoms with Crippen molar-refractivity contribution in [3.8, 4) is 0 Å². The normalized spacial score (nSPS) is 20.1. The molecule has 2 atom stereocenters. The summed E-state index contributed by atoms with van der Waals surface area (Å²) < 4.78 is 18.6. The average molecular weight is 308 g/mol. The number of benzene rings is 1. The number of hydrogen-bond donors (Lipinski definition) is 1. The molecule has 2 unspecified atom stereocenters. The number of ether oxygens (including phenoxy) is 1. The summed E-state index contributed by atoms with van der Waals surface area (Å²) in [6.45, 7) is 8.64. The third kappa shape index (κ3) is 3.97. The maximum absolute atomic E-state index is 13.2. The van der Waals surface area contributed by atoms with Crippen LogP contribution in [0, 0.1) is 18.7 Å². The molecule has 0 bridgehead atoms. The molecule has 1 aromatic carbocycles. The number of nitrogens with zero attached hydrogens (tertiary/aromatic N) is 1. The van der Waals surface area contributed by atoms with E-state index in [9.17, 15) is 9.18 Å². The van der Waals surface area contributed by atoms with Crippen LogP contribution in [-0.2, 0) is 4.74 Å². The molecule has 0 saturated carbocycles. The van der Waals surface area contributed by atoms with Crippen LogP contribution in [0.15, 0.2) is 18.2 Å². The molecule has 1 aromatic rings. The summed E-state index contributed by atoms with van der Waals surface area (Å²) in [4.78, 5) is 13.8. The summed E-state index contributed by atoms with van der Waals surface area (Å²) in [5, 5.41) is 0. The van der Waals surface area contributed by atoms with Gasteiger partial charge in [-0.3, -0.25) is 0 Å². The zero-order valence-corrected chi connectivity index (χ0v) is 13.7. The molecule has 0 spiro atoms. The molecule has 5 heteroatoms. The lowest BCUT2D eigenvalue weighted by atomic mass is 9.90. The van der Waals surface area contributed by atoms with Crippen molar-refractivity contribution in [1.82, 2.24) is 4.90 Å². The van der Waals surface area contributed by atoms with Crippen molar-refractivity contribution in [1.29, 1.82) is 0 Å². The number of carbonyl (C=O) groups is 1. The van der Waals surface area contributed by atoms with E-state index in [-0.39, 0.29) is 23.9 Å². The molecule has 1 aliphatic rings. The van der Waals surface area contributed by atoms with Crippen LogP contribution in [0.2, 0.25) is 0 Å². The molecule has 0 radical (unpaired) electrons. The van der Waals surface area contributed by atoms with Gasteiger partial charge in [0, 0.05) is 19.1 Å². The fourth-order valence-electron chi connectivity index (χ4n) is 2.84. The molecule has 4 nitrogen and oxygen atoms in total. The molecule has 0 aliphatic carbocycles. The van der Waals surface area contributed by atoms with Gasteiger partial charge < -0.3 is 15.4 Å². The van der Waals surface area contributed by atoms with E-state index in [1.165, 1.54) is 12.1 Å². The van der Waals surface area contributed by atoms with Crippen LogP contribution in [0.5, 0.6) is 0 Å². The Morgan fingerprint density at radius 1 is 1.45 bits per heavy atom. The van der Waals surface area contributed by atoms with E-state index < -0.39 is 5.60 Å². The summed E-state index contributed by atoms with van der Waals surface area (Å²) in [6, 6.07) is 4.47. The van der Waals surface area contributed by atoms with Gasteiger partial charge in [-0.25, -0.2) is 9.18 Å². The second-order valence-electron chi connectivity index (χ2n) is 7.00. The highest BCUT2D eigenvalue weighted by atomic mass is 19.1. The fourth-order valence-corrected chi connectivity index (χ4v) is 2.84. The lowest BCUT2D eigenvalue weighted by molar-refractivity contribution is 0.0286. The van der Waals surface area contributed by atoms with E-state index in [2.05, 4.69) is 0 Å². The van der Waals surface area contributed by atoms with Gasteiger partial charge in [-0.2, -0.15) is 0 Å². The van der Waals surface area contributed by atoms with Crippen molar-refractivity contribution in [2.45, 2.75) is 45.8 Å². The van der Waals surface area contributed by atoms with Crippen molar-refractivity contribution in [3.05, 3.63) is 35.1 Å². The minimum Gasteiger partial charge on any atom is -0.444 e. The van der Waals surface area contributed by atoms with Crippen molar-refractivity contribution < 1.29 is 13.9 Å². The molecule has 1 aliphatic heterocycles. The summed E-state index contributed by atoms with van der Waals surface area (Å²) in [7, 11) is 0. The van der Waals surface area contributed by atoms with Gasteiger partial charge in [0.15, 0.2) is 0 Å². The first-order valence-corrected chi connectivity index (χ1v) is 7.67. The zero-order chi connectivity index (χ0) is 16.5. The number of halogens is 1. The second kappa shape index (κ2) is 6.24. The molecule has 1 heterocycles. The minimum atomic E-state index is -0.495. The number of nitrogens with two attached hydrogens (primary N) is 1. The Bertz CT molecular complexity index is 554. The van der Waals surface area contributed by atoms with Crippen LogP contribution < -0.4 is 5.73 Å². The Hall–Kier alpha value is -1.62. The molecular formula is C17H25FN2O2. The number of carbonyl (C=O) groups excluding carboxylic acids is 1. The fraction of sp³-hybridized carbons (Fsp3) is 0.588. The van der Waals surface area contributed by atoms with Crippen molar-refractivity contribution in [2.75, 3.05) is 13.1 Å². The molecule has 2 rings (SSSR count). The van der Waals surface area contributed by atoms with Gasteiger partial charge in [0.2, 0.25) is 0 Å². The average Bonchev–Trinajstić information content (AvgIpc) is 2.85. The smallest absolute Gasteiger partial charge is 0.410 e. The largest absolute Gasteiger partial charge is 0.444 e. The Balaban J connectivity index is 2.02. The van der Waals surface area contributed by atoms with Gasteiger partial charge in [0.05, 0.1) is 0 Å². The second-order valence-corrected chi connectivity index (χ2v) is 7.00. The first-order chi connectivity index (χ1) is 10.2. The number of hydrogen-bond acceptors (Lipinski definition) is 3. The van der Waals surface area contributed by atoms with Crippen LogP contribution >= 0.6 is 0 Å². The third-order valence-electron chi connectivity index (χ3n) is 3.98. The molecule has 2 N–H and O–H groups in total. The molecule has 1 saturated heterocycles. The van der Waals surface area contributed by atoms with E-state index in [0.29, 0.717) is 13.1 Å². The molecule has 1 fully saturated rings. The highest BCUT2D eigenvalue weighted by Gasteiger charge is 2.33. The van der Waals surface area contributed by atoms with E-state index in [1.54, 1.807) is 11.0 Å². The molecule has 0 aromatic heterocycles. The molecular weight excluding hydrogens is 283 g/mol. The van der Waals surface area contributed by atoms with E-state index in [4.69, 9.17) is 10.5 Å². The Morgan fingerprint density at radius 2 is 2.14 bits per heavy atom. The number of amides is 1. The van der Waals surface area contributed by atoms with Gasteiger partial charge in [-0.15, -0.1) is 0 Å². The summed E-state index contributed by atoms with van der Waals surface area (Å²) in [5.74, 6) is -0.0908. The first kappa shape index (κ1) is 16.7. The standard InChI is InChI=1S/C17H25FN2O2/c1-11-9-13(18)5-6-14(11)15(19)12-7-8-20(10-12)16(21)22-17(2,3)4/h5-6,9,12,15H,7-8,10,19H2,1-4H3. The number of likely N-dealkylation sites (tertiary alicyclic amines) is 1. The lowest BCUT2D eigenvalue weighted by Gasteiger charge is -2.25. The summed E-state index contributed by atoms with van der Waals surface area (Å²) in [6.07, 6.45) is 0.537. The van der Waals surface area contributed by atoms with Crippen LogP contribution in [0.4, 0.5) is 9.18 Å². The zero-order valence-electron chi connectivity index (χ0n) is 13.7. The van der Waals surface area contributed by atoms with Crippen LogP contribution in [0.3, 0.4) is 0 Å². The van der Waals surface area contributed by atoms with E-state index in [1.807, 2.05) is 27.7 Å². The van der Waals surface area contributed by atoms with Crippen molar-refractivity contribution >= 4 is 6.09 Å². The van der Waals surface area contributed by atoms with Crippen LogP contribution in [-0.4, -0.2) is 29.7 Å². The highest BCUT2D eigenvalue weighted by Crippen LogP contribution is 2.30. The predicted molar refractivity (Wildman–Crippen MR) is 84.0 cm³/mol. The Labute approximate surface area is 131 Å². The van der Waals surface area contributed by atoms with Gasteiger partial charge >= 0.3 is 6.09 Å². The first-order valence-electron chi connectivity index (χ1n) is 7.67. The summed E-state index contributed by atoms with van der Waals surface area (Å²) >= 11 is 0. The third-order valence-corrected chi connectivity index (χ3v) is 3.98.